The Labute approximate surface area is 331 Å². The average Bonchev–Trinajstić information content (AvgIpc) is 3.19. The molecule has 0 saturated carbocycles. The average molecular weight is 781 g/mol. The van der Waals surface area contributed by atoms with E-state index in [1.165, 1.54) is 54.6 Å². The van der Waals surface area contributed by atoms with Crippen molar-refractivity contribution in [3.63, 3.8) is 0 Å². The number of nitrogens with zero attached hydrogens (tertiary/aromatic N) is 1. The molecular weight excluding hydrogens is 745 g/mol. The molecule has 0 bridgehead atoms. The zero-order chi connectivity index (χ0) is 41.9. The predicted molar refractivity (Wildman–Crippen MR) is 214 cm³/mol. The second-order valence-corrected chi connectivity index (χ2v) is 13.1. The molecule has 292 valence electrons. The third kappa shape index (κ3) is 10.8. The van der Waals surface area contributed by atoms with Gasteiger partial charge < -0.3 is 36.4 Å². The van der Waals surface area contributed by atoms with E-state index >= 15 is 0 Å². The number of carbonyl (C=O) groups excluding carboxylic acids is 5. The number of phenols is 3. The maximum atomic E-state index is 13.1. The summed E-state index contributed by atoms with van der Waals surface area (Å²) in [5.41, 5.74) is 2.51. The molecule has 0 fully saturated rings. The standard InChI is InChI=1S/C44H36N4O10/c1-25(20-26-4-14-34(49)15-5-26)37(50)21-27-2-6-28(7-3-27)38(51)22-30(18-19-45)42(55)46-31-10-8-29(9-11-31)41(54)47-32-12-16-35(39(52)23-32)43(56)48-33-13-17-36(44(57)58)40(53)24-33/h2-17,20,23-24,30,49,52-53H,18,21-22H2,1H3,(H,46,55)(H,47,54)(H,48,56)(H,57,58)/b25-20+/t30-/m1/s1. The summed E-state index contributed by atoms with van der Waals surface area (Å²) >= 11 is 0. The number of nitriles is 1. The smallest absolute Gasteiger partial charge is 0.339 e. The largest absolute Gasteiger partial charge is 0.508 e. The van der Waals surface area contributed by atoms with E-state index in [4.69, 9.17) is 5.11 Å². The van der Waals surface area contributed by atoms with E-state index in [-0.39, 0.29) is 64.6 Å². The Morgan fingerprint density at radius 1 is 0.672 bits per heavy atom. The maximum absolute atomic E-state index is 13.1. The highest BCUT2D eigenvalue weighted by molar-refractivity contribution is 6.08. The number of aromatic carboxylic acids is 1. The number of nitrogens with one attached hydrogen (secondary N) is 3. The van der Waals surface area contributed by atoms with Crippen LogP contribution < -0.4 is 16.0 Å². The summed E-state index contributed by atoms with van der Waals surface area (Å²) in [6.07, 6.45) is 1.35. The number of hydrogen-bond donors (Lipinski definition) is 7. The Balaban J connectivity index is 1.13. The van der Waals surface area contributed by atoms with Crippen LogP contribution in [0.1, 0.15) is 72.3 Å². The molecule has 0 aliphatic rings. The van der Waals surface area contributed by atoms with Crippen molar-refractivity contribution < 1.29 is 49.2 Å². The van der Waals surface area contributed by atoms with Gasteiger partial charge >= 0.3 is 5.97 Å². The number of carboxylic acid groups (broad SMARTS) is 1. The van der Waals surface area contributed by atoms with Gasteiger partial charge in [-0.15, -0.1) is 0 Å². The van der Waals surface area contributed by atoms with Gasteiger partial charge in [-0.1, -0.05) is 36.4 Å². The minimum Gasteiger partial charge on any atom is -0.508 e. The van der Waals surface area contributed by atoms with Gasteiger partial charge in [0.2, 0.25) is 5.91 Å². The highest BCUT2D eigenvalue weighted by Gasteiger charge is 2.23. The monoisotopic (exact) mass is 780 g/mol. The first-order chi connectivity index (χ1) is 27.7. The minimum absolute atomic E-state index is 0.0827. The molecule has 0 heterocycles. The highest BCUT2D eigenvalue weighted by atomic mass is 16.4. The van der Waals surface area contributed by atoms with Crippen molar-refractivity contribution in [3.8, 4) is 23.3 Å². The Kier molecular flexibility index (Phi) is 13.1. The van der Waals surface area contributed by atoms with Crippen molar-refractivity contribution in [2.45, 2.75) is 26.2 Å². The Morgan fingerprint density at radius 2 is 1.22 bits per heavy atom. The van der Waals surface area contributed by atoms with Crippen molar-refractivity contribution in [3.05, 3.63) is 148 Å². The number of ketones is 2. The quantitative estimate of drug-likeness (QED) is 0.0423. The van der Waals surface area contributed by atoms with Gasteiger partial charge in [-0.25, -0.2) is 4.79 Å². The lowest BCUT2D eigenvalue weighted by Gasteiger charge is -2.14. The molecule has 58 heavy (non-hydrogen) atoms. The van der Waals surface area contributed by atoms with Crippen LogP contribution in [0, 0.1) is 17.2 Å². The first-order valence-electron chi connectivity index (χ1n) is 17.6. The van der Waals surface area contributed by atoms with Crippen LogP contribution in [0.5, 0.6) is 17.2 Å². The molecule has 0 unspecified atom stereocenters. The summed E-state index contributed by atoms with van der Waals surface area (Å²) in [6.45, 7) is 1.70. The van der Waals surface area contributed by atoms with Gasteiger partial charge in [-0.3, -0.25) is 24.0 Å². The van der Waals surface area contributed by atoms with Gasteiger partial charge in [0.1, 0.15) is 22.8 Å². The normalized spacial score (nSPS) is 11.4. The van der Waals surface area contributed by atoms with Crippen LogP contribution in [-0.4, -0.2) is 55.7 Å². The molecule has 0 aliphatic heterocycles. The zero-order valence-electron chi connectivity index (χ0n) is 30.9. The fourth-order valence-electron chi connectivity index (χ4n) is 5.69. The topological polar surface area (TPSA) is 243 Å². The number of phenolic OH excluding ortho intramolecular Hbond substituents is 2. The van der Waals surface area contributed by atoms with Gasteiger partial charge in [-0.05, 0) is 90.4 Å². The molecule has 0 saturated heterocycles. The Bertz CT molecular complexity index is 2470. The van der Waals surface area contributed by atoms with Gasteiger partial charge in [0.15, 0.2) is 11.6 Å². The Morgan fingerprint density at radius 3 is 1.79 bits per heavy atom. The predicted octanol–water partition coefficient (Wildman–Crippen LogP) is 6.96. The lowest BCUT2D eigenvalue weighted by molar-refractivity contribution is -0.119. The molecule has 7 N–H and O–H groups in total. The summed E-state index contributed by atoms with van der Waals surface area (Å²) in [7, 11) is 0. The molecule has 0 spiro atoms. The van der Waals surface area contributed by atoms with Crippen LogP contribution >= 0.6 is 0 Å². The second kappa shape index (κ2) is 18.5. The number of allylic oxidation sites excluding steroid dienone is 1. The summed E-state index contributed by atoms with van der Waals surface area (Å²) < 4.78 is 0. The van der Waals surface area contributed by atoms with E-state index in [2.05, 4.69) is 16.0 Å². The number of carboxylic acids is 1. The minimum atomic E-state index is -1.35. The molecule has 0 radical (unpaired) electrons. The van der Waals surface area contributed by atoms with Crippen LogP contribution in [0.25, 0.3) is 6.08 Å². The Hall–Kier alpha value is -8.05. The van der Waals surface area contributed by atoms with E-state index < -0.39 is 41.1 Å². The van der Waals surface area contributed by atoms with Crippen LogP contribution in [0.4, 0.5) is 17.1 Å². The third-order valence-electron chi connectivity index (χ3n) is 8.90. The molecule has 5 aromatic rings. The SMILES string of the molecule is C/C(=C\c1ccc(O)cc1)C(=O)Cc1ccc(C(=O)C[C@@H](CC#N)C(=O)Nc2ccc(C(=O)Nc3ccc(C(=O)Nc4ccc(C(=O)O)c(O)c4)c(O)c3)cc2)cc1. The lowest BCUT2D eigenvalue weighted by Crippen LogP contribution is -2.25. The third-order valence-corrected chi connectivity index (χ3v) is 8.90. The van der Waals surface area contributed by atoms with Crippen LogP contribution in [0.2, 0.25) is 0 Å². The number of aromatic hydroxyl groups is 3. The molecule has 14 heteroatoms. The van der Waals surface area contributed by atoms with E-state index in [0.717, 1.165) is 23.8 Å². The molecule has 3 amide bonds. The number of hydrogen-bond acceptors (Lipinski definition) is 10. The first-order valence-corrected chi connectivity index (χ1v) is 17.6. The summed E-state index contributed by atoms with van der Waals surface area (Å²) in [5.74, 6) is -5.61. The van der Waals surface area contributed by atoms with Crippen molar-refractivity contribution >= 4 is 58.4 Å². The molecule has 5 aromatic carbocycles. The van der Waals surface area contributed by atoms with Gasteiger partial charge in [0.05, 0.1) is 17.6 Å². The number of carbonyl (C=O) groups is 6. The maximum Gasteiger partial charge on any atom is 0.339 e. The van der Waals surface area contributed by atoms with Crippen LogP contribution in [0.15, 0.2) is 115 Å². The van der Waals surface area contributed by atoms with Gasteiger partial charge in [0.25, 0.3) is 11.8 Å². The van der Waals surface area contributed by atoms with Crippen molar-refractivity contribution in [1.29, 1.82) is 5.26 Å². The van der Waals surface area contributed by atoms with Crippen molar-refractivity contribution in [2.75, 3.05) is 16.0 Å². The van der Waals surface area contributed by atoms with Crippen LogP contribution in [0.3, 0.4) is 0 Å². The number of benzene rings is 5. The lowest BCUT2D eigenvalue weighted by atomic mass is 9.94. The molecular formula is C44H36N4O10. The van der Waals surface area contributed by atoms with E-state index in [9.17, 15) is 49.3 Å². The fourth-order valence-corrected chi connectivity index (χ4v) is 5.69. The first kappa shape index (κ1) is 41.1. The van der Waals surface area contributed by atoms with Crippen molar-refractivity contribution in [1.82, 2.24) is 0 Å². The number of rotatable bonds is 15. The van der Waals surface area contributed by atoms with Gasteiger partial charge in [-0.2, -0.15) is 5.26 Å². The molecule has 5 rings (SSSR count). The number of Topliss-reactive ketones (excluding diaryl/α,β-unsaturated/α-hetero) is 2. The van der Waals surface area contributed by atoms with Crippen molar-refractivity contribution in [2.24, 2.45) is 5.92 Å². The molecule has 0 aromatic heterocycles. The highest BCUT2D eigenvalue weighted by Crippen LogP contribution is 2.27. The van der Waals surface area contributed by atoms with E-state index in [1.807, 2.05) is 6.07 Å². The molecule has 0 aliphatic carbocycles. The molecule has 1 atom stereocenters. The van der Waals surface area contributed by atoms with Gasteiger partial charge in [0, 0.05) is 59.6 Å². The zero-order valence-corrected chi connectivity index (χ0v) is 30.9. The summed E-state index contributed by atoms with van der Waals surface area (Å²) in [4.78, 5) is 75.8. The number of anilines is 3. The number of amides is 3. The van der Waals surface area contributed by atoms with Crippen LogP contribution in [-0.2, 0) is 16.0 Å². The summed E-state index contributed by atoms with van der Waals surface area (Å²) in [5, 5.41) is 55.9. The second-order valence-electron chi connectivity index (χ2n) is 13.1. The summed E-state index contributed by atoms with van der Waals surface area (Å²) in [6, 6.07) is 27.9. The van der Waals surface area contributed by atoms with E-state index in [1.54, 1.807) is 49.4 Å². The van der Waals surface area contributed by atoms with E-state index in [0.29, 0.717) is 22.4 Å². The fraction of sp³-hybridized carbons (Fsp3) is 0.114. The molecule has 14 nitrogen and oxygen atoms in total.